The summed E-state index contributed by atoms with van der Waals surface area (Å²) < 4.78 is 11.3. The van der Waals surface area contributed by atoms with Gasteiger partial charge in [0, 0.05) is 14.2 Å². The van der Waals surface area contributed by atoms with Crippen molar-refractivity contribution in [2.45, 2.75) is 19.8 Å². The minimum Gasteiger partial charge on any atom is -0.379 e. The lowest BCUT2D eigenvalue weighted by atomic mass is 10.2. The Kier molecular flexibility index (Phi) is 8.14. The monoisotopic (exact) mass is 204 g/mol. The summed E-state index contributed by atoms with van der Waals surface area (Å²) in [5, 5.41) is 0. The van der Waals surface area contributed by atoms with Crippen LogP contribution in [0.15, 0.2) is 0 Å². The molecule has 0 unspecified atom stereocenters. The number of ether oxygens (including phenoxy) is 2. The van der Waals surface area contributed by atoms with Crippen LogP contribution < -0.4 is 0 Å². The van der Waals surface area contributed by atoms with Gasteiger partial charge in [0.15, 0.2) is 0 Å². The molecule has 0 N–H and O–H groups in total. The van der Waals surface area contributed by atoms with Crippen molar-refractivity contribution in [3.63, 3.8) is 0 Å². The van der Waals surface area contributed by atoms with Gasteiger partial charge < -0.3 is 14.0 Å². The predicted octanol–water partition coefficient (Wildman–Crippen LogP) is 1.53. The van der Waals surface area contributed by atoms with Crippen molar-refractivity contribution >= 4 is 0 Å². The van der Waals surface area contributed by atoms with Crippen LogP contribution in [0.25, 0.3) is 0 Å². The van der Waals surface area contributed by atoms with Gasteiger partial charge in [-0.25, -0.2) is 0 Å². The Morgan fingerprint density at radius 1 is 0.929 bits per heavy atom. The van der Waals surface area contributed by atoms with Crippen molar-refractivity contribution in [1.29, 1.82) is 0 Å². The first-order valence-electron chi connectivity index (χ1n) is 5.50. The smallest absolute Gasteiger partial charge is 0.102 e. The maximum atomic E-state index is 5.14. The highest BCUT2D eigenvalue weighted by atomic mass is 16.5. The average Bonchev–Trinajstić information content (AvgIpc) is 2.21. The highest BCUT2D eigenvalue weighted by molar-refractivity contribution is 4.41. The zero-order valence-corrected chi connectivity index (χ0v) is 10.2. The second-order valence-electron chi connectivity index (χ2n) is 4.13. The number of unbranched alkanes of at least 4 members (excludes halogenated alkanes) is 1. The third-order valence-corrected chi connectivity index (χ3v) is 2.72. The van der Waals surface area contributed by atoms with Crippen LogP contribution in [-0.4, -0.2) is 58.6 Å². The Morgan fingerprint density at radius 2 is 1.43 bits per heavy atom. The summed E-state index contributed by atoms with van der Waals surface area (Å²) in [5.41, 5.74) is 0. The lowest BCUT2D eigenvalue weighted by Gasteiger charge is -2.34. The number of nitrogens with zero attached hydrogens (tertiary/aromatic N) is 1. The zero-order chi connectivity index (χ0) is 10.9. The normalized spacial score (nSPS) is 12.0. The van der Waals surface area contributed by atoms with E-state index in [1.165, 1.54) is 19.4 Å². The molecular formula is C11H26NO2+. The number of quaternary nitrogens is 1. The third-order valence-electron chi connectivity index (χ3n) is 2.72. The van der Waals surface area contributed by atoms with Crippen molar-refractivity contribution in [2.75, 3.05) is 54.1 Å². The van der Waals surface area contributed by atoms with Gasteiger partial charge in [0.1, 0.15) is 13.1 Å². The van der Waals surface area contributed by atoms with E-state index in [1.54, 1.807) is 14.2 Å². The fourth-order valence-corrected chi connectivity index (χ4v) is 1.50. The van der Waals surface area contributed by atoms with Crippen molar-refractivity contribution in [2.24, 2.45) is 0 Å². The van der Waals surface area contributed by atoms with Gasteiger partial charge in [-0.05, 0) is 6.42 Å². The van der Waals surface area contributed by atoms with Crippen LogP contribution in [0.4, 0.5) is 0 Å². The maximum absolute atomic E-state index is 5.14. The Morgan fingerprint density at radius 3 is 1.79 bits per heavy atom. The molecule has 0 aliphatic rings. The molecule has 0 saturated heterocycles. The van der Waals surface area contributed by atoms with Crippen LogP contribution in [0, 0.1) is 0 Å². The molecule has 0 heterocycles. The number of hydrogen-bond donors (Lipinski definition) is 0. The summed E-state index contributed by atoms with van der Waals surface area (Å²) in [6.45, 7) is 7.30. The van der Waals surface area contributed by atoms with Crippen LogP contribution in [0.1, 0.15) is 19.8 Å². The fraction of sp³-hybridized carbons (Fsp3) is 1.00. The number of likely N-dealkylation sites (N-methyl/N-ethyl adjacent to an activating group) is 1. The van der Waals surface area contributed by atoms with Crippen LogP contribution in [0.5, 0.6) is 0 Å². The highest BCUT2D eigenvalue weighted by Gasteiger charge is 2.19. The quantitative estimate of drug-likeness (QED) is 0.530. The summed E-state index contributed by atoms with van der Waals surface area (Å²) in [7, 11) is 5.81. The highest BCUT2D eigenvalue weighted by Crippen LogP contribution is 2.05. The molecule has 0 aromatic rings. The second kappa shape index (κ2) is 8.21. The minimum atomic E-state index is 0.837. The Labute approximate surface area is 88.6 Å². The molecule has 0 aliphatic carbocycles. The van der Waals surface area contributed by atoms with E-state index in [-0.39, 0.29) is 0 Å². The van der Waals surface area contributed by atoms with E-state index in [1.807, 2.05) is 0 Å². The molecule has 0 rings (SSSR count). The predicted molar refractivity (Wildman–Crippen MR) is 59.4 cm³/mol. The number of methoxy groups -OCH3 is 2. The molecule has 0 aromatic heterocycles. The van der Waals surface area contributed by atoms with Gasteiger partial charge in [0.2, 0.25) is 0 Å². The molecule has 0 radical (unpaired) electrons. The molecule has 3 nitrogen and oxygen atoms in total. The van der Waals surface area contributed by atoms with Crippen LogP contribution in [0.3, 0.4) is 0 Å². The first-order valence-corrected chi connectivity index (χ1v) is 5.50. The van der Waals surface area contributed by atoms with Gasteiger partial charge in [-0.3, -0.25) is 0 Å². The summed E-state index contributed by atoms with van der Waals surface area (Å²) >= 11 is 0. The zero-order valence-electron chi connectivity index (χ0n) is 10.2. The minimum absolute atomic E-state index is 0.837. The fourth-order valence-electron chi connectivity index (χ4n) is 1.50. The Balaban J connectivity index is 3.89. The first kappa shape index (κ1) is 13.9. The Bertz CT molecular complexity index is 107. The summed E-state index contributed by atoms with van der Waals surface area (Å²) in [4.78, 5) is 0. The molecule has 14 heavy (non-hydrogen) atoms. The maximum Gasteiger partial charge on any atom is 0.102 e. The molecule has 0 bridgehead atoms. The average molecular weight is 204 g/mol. The number of rotatable bonds is 9. The van der Waals surface area contributed by atoms with Gasteiger partial charge >= 0.3 is 0 Å². The first-order chi connectivity index (χ1) is 6.68. The van der Waals surface area contributed by atoms with Crippen molar-refractivity contribution < 1.29 is 14.0 Å². The standard InChI is InChI=1S/C11H26NO2/c1-5-6-7-12(2,8-10-13-3)9-11-14-4/h5-11H2,1-4H3/q+1. The largest absolute Gasteiger partial charge is 0.379 e. The molecule has 0 spiro atoms. The van der Waals surface area contributed by atoms with E-state index in [2.05, 4.69) is 14.0 Å². The number of hydrogen-bond acceptors (Lipinski definition) is 2. The van der Waals surface area contributed by atoms with Gasteiger partial charge in [-0.1, -0.05) is 13.3 Å². The van der Waals surface area contributed by atoms with Crippen LogP contribution >= 0.6 is 0 Å². The van der Waals surface area contributed by atoms with Crippen molar-refractivity contribution in [3.05, 3.63) is 0 Å². The van der Waals surface area contributed by atoms with Gasteiger partial charge in [-0.15, -0.1) is 0 Å². The molecule has 0 amide bonds. The molecule has 0 saturated carbocycles. The van der Waals surface area contributed by atoms with Gasteiger partial charge in [0.05, 0.1) is 26.8 Å². The SMILES string of the molecule is CCCC[N+](C)(CCOC)CCOC. The molecule has 0 aromatic carbocycles. The van der Waals surface area contributed by atoms with Gasteiger partial charge in [-0.2, -0.15) is 0 Å². The van der Waals surface area contributed by atoms with E-state index in [0.717, 1.165) is 30.8 Å². The van der Waals surface area contributed by atoms with Crippen LogP contribution in [0.2, 0.25) is 0 Å². The van der Waals surface area contributed by atoms with Crippen molar-refractivity contribution in [3.8, 4) is 0 Å². The van der Waals surface area contributed by atoms with E-state index in [9.17, 15) is 0 Å². The molecule has 0 fully saturated rings. The van der Waals surface area contributed by atoms with E-state index in [4.69, 9.17) is 9.47 Å². The summed E-state index contributed by atoms with van der Waals surface area (Å²) in [6, 6.07) is 0. The summed E-state index contributed by atoms with van der Waals surface area (Å²) in [5.74, 6) is 0. The summed E-state index contributed by atoms with van der Waals surface area (Å²) in [6.07, 6.45) is 2.54. The van der Waals surface area contributed by atoms with Gasteiger partial charge in [0.25, 0.3) is 0 Å². The van der Waals surface area contributed by atoms with Crippen molar-refractivity contribution in [1.82, 2.24) is 0 Å². The molecule has 86 valence electrons. The molecule has 3 heteroatoms. The Hall–Kier alpha value is -0.120. The molecule has 0 atom stereocenters. The lowest BCUT2D eigenvalue weighted by Crippen LogP contribution is -2.49. The second-order valence-corrected chi connectivity index (χ2v) is 4.13. The molecular weight excluding hydrogens is 178 g/mol. The topological polar surface area (TPSA) is 18.5 Å². The van der Waals surface area contributed by atoms with E-state index < -0.39 is 0 Å². The lowest BCUT2D eigenvalue weighted by molar-refractivity contribution is -0.910. The molecule has 0 aliphatic heterocycles. The van der Waals surface area contributed by atoms with Crippen LogP contribution in [-0.2, 0) is 9.47 Å². The van der Waals surface area contributed by atoms with E-state index >= 15 is 0 Å². The van der Waals surface area contributed by atoms with E-state index in [0.29, 0.717) is 0 Å². The third kappa shape index (κ3) is 6.35.